The molecule has 0 aromatic carbocycles. The minimum atomic E-state index is -0.629. The molecule has 0 unspecified atom stereocenters. The van der Waals surface area contributed by atoms with Gasteiger partial charge in [-0.25, -0.2) is 9.59 Å². The Kier molecular flexibility index (Phi) is 6.41. The molecule has 26 heavy (non-hydrogen) atoms. The Hall–Kier alpha value is -1.93. The van der Waals surface area contributed by atoms with Gasteiger partial charge in [-0.2, -0.15) is 0 Å². The first kappa shape index (κ1) is 20.4. The lowest BCUT2D eigenvalue weighted by atomic mass is 9.91. The van der Waals surface area contributed by atoms with Crippen molar-refractivity contribution in [3.05, 3.63) is 12.7 Å². The van der Waals surface area contributed by atoms with Crippen molar-refractivity contribution >= 4 is 18.0 Å². The molecule has 8 heteroatoms. The highest BCUT2D eigenvalue weighted by Gasteiger charge is 2.47. The number of rotatable bonds is 4. The Morgan fingerprint density at radius 1 is 1.31 bits per heavy atom. The lowest BCUT2D eigenvalue weighted by molar-refractivity contribution is -0.142. The first-order valence-electron chi connectivity index (χ1n) is 9.01. The van der Waals surface area contributed by atoms with Crippen LogP contribution >= 0.6 is 0 Å². The van der Waals surface area contributed by atoms with Gasteiger partial charge < -0.3 is 24.6 Å². The van der Waals surface area contributed by atoms with Crippen molar-refractivity contribution < 1.29 is 23.9 Å². The Labute approximate surface area is 154 Å². The summed E-state index contributed by atoms with van der Waals surface area (Å²) in [6.07, 6.45) is 1.51. The van der Waals surface area contributed by atoms with Gasteiger partial charge in [0.05, 0.1) is 12.1 Å². The molecule has 0 aromatic heterocycles. The molecule has 0 radical (unpaired) electrons. The first-order valence-corrected chi connectivity index (χ1v) is 9.01. The molecular formula is C18H29N3O5. The minimum absolute atomic E-state index is 0.0201. The van der Waals surface area contributed by atoms with E-state index < -0.39 is 23.7 Å². The molecule has 2 heterocycles. The molecule has 8 nitrogen and oxygen atoms in total. The number of nitrogens with one attached hydrogen (secondary N) is 1. The van der Waals surface area contributed by atoms with Gasteiger partial charge in [-0.1, -0.05) is 20.4 Å². The molecule has 1 spiro atoms. The quantitative estimate of drug-likeness (QED) is 0.455. The van der Waals surface area contributed by atoms with E-state index in [9.17, 15) is 14.4 Å². The van der Waals surface area contributed by atoms with Crippen LogP contribution in [-0.2, 0) is 19.1 Å². The lowest BCUT2D eigenvalue weighted by Crippen LogP contribution is -2.50. The van der Waals surface area contributed by atoms with Crippen LogP contribution in [0, 0.1) is 5.92 Å². The summed E-state index contributed by atoms with van der Waals surface area (Å²) in [5, 5.41) is 2.86. The summed E-state index contributed by atoms with van der Waals surface area (Å²) in [6.45, 7) is 10.4. The largest absolute Gasteiger partial charge is 0.417 e. The van der Waals surface area contributed by atoms with Crippen molar-refractivity contribution in [3.8, 4) is 0 Å². The number of likely N-dealkylation sites (N-methyl/N-ethyl adjacent to an activating group) is 1. The Morgan fingerprint density at radius 3 is 2.42 bits per heavy atom. The summed E-state index contributed by atoms with van der Waals surface area (Å²) in [5.41, 5.74) is -0.454. The second-order valence-electron chi connectivity index (χ2n) is 7.25. The normalized spacial score (nSPS) is 23.2. The van der Waals surface area contributed by atoms with Crippen molar-refractivity contribution in [2.24, 2.45) is 5.92 Å². The van der Waals surface area contributed by atoms with Gasteiger partial charge in [0.1, 0.15) is 12.3 Å². The number of hydrogen-bond donors (Lipinski definition) is 1. The van der Waals surface area contributed by atoms with Crippen LogP contribution in [0.5, 0.6) is 0 Å². The van der Waals surface area contributed by atoms with Gasteiger partial charge >= 0.3 is 12.1 Å². The summed E-state index contributed by atoms with van der Waals surface area (Å²) in [6, 6.07) is -0.521. The fourth-order valence-corrected chi connectivity index (χ4v) is 3.59. The van der Waals surface area contributed by atoms with Crippen LogP contribution in [0.1, 0.15) is 33.6 Å². The van der Waals surface area contributed by atoms with Crippen LogP contribution in [-0.4, -0.2) is 72.3 Å². The summed E-state index contributed by atoms with van der Waals surface area (Å²) in [5.74, 6) is -0.707. The summed E-state index contributed by atoms with van der Waals surface area (Å²) < 4.78 is 11.0. The monoisotopic (exact) mass is 367 g/mol. The average molecular weight is 367 g/mol. The van der Waals surface area contributed by atoms with Gasteiger partial charge in [-0.3, -0.25) is 4.79 Å². The zero-order valence-electron chi connectivity index (χ0n) is 16.0. The highest BCUT2D eigenvalue weighted by Crippen LogP contribution is 2.35. The Morgan fingerprint density at radius 2 is 1.92 bits per heavy atom. The maximum Gasteiger partial charge on any atom is 0.417 e. The molecule has 2 fully saturated rings. The second-order valence-corrected chi connectivity index (χ2v) is 7.25. The Balaban J connectivity index is 1.90. The maximum absolute atomic E-state index is 12.3. The van der Waals surface area contributed by atoms with E-state index in [4.69, 9.17) is 9.47 Å². The molecular weight excluding hydrogens is 338 g/mol. The van der Waals surface area contributed by atoms with Crippen molar-refractivity contribution in [2.45, 2.75) is 51.5 Å². The third-order valence-corrected chi connectivity index (χ3v) is 5.13. The van der Waals surface area contributed by atoms with Gasteiger partial charge in [0.2, 0.25) is 5.91 Å². The molecule has 2 rings (SSSR count). The summed E-state index contributed by atoms with van der Waals surface area (Å²) >= 11 is 0. The van der Waals surface area contributed by atoms with E-state index in [0.717, 1.165) is 0 Å². The predicted molar refractivity (Wildman–Crippen MR) is 95.2 cm³/mol. The highest BCUT2D eigenvalue weighted by molar-refractivity contribution is 5.88. The number of amides is 2. The molecule has 0 saturated carbocycles. The van der Waals surface area contributed by atoms with Crippen LogP contribution in [0.4, 0.5) is 4.79 Å². The molecule has 0 aliphatic carbocycles. The standard InChI is InChI=1S/C18H29N3O5/c1-6-14(22)21-11-18(26-13(21)4)7-9-20(10-8-18)17(24)25-16(23)15(19-5)12(2)3/h6,12-13,15,19H,1,7-11H2,2-5H3/t13-,15+/m1/s1. The van der Waals surface area contributed by atoms with E-state index in [2.05, 4.69) is 11.9 Å². The van der Waals surface area contributed by atoms with Crippen LogP contribution in [0.25, 0.3) is 0 Å². The van der Waals surface area contributed by atoms with Crippen LogP contribution < -0.4 is 5.32 Å². The van der Waals surface area contributed by atoms with Crippen molar-refractivity contribution in [3.63, 3.8) is 0 Å². The third-order valence-electron chi connectivity index (χ3n) is 5.13. The molecule has 2 saturated heterocycles. The average Bonchev–Trinajstić information content (AvgIpc) is 2.91. The van der Waals surface area contributed by atoms with Crippen LogP contribution in [0.15, 0.2) is 12.7 Å². The number of piperidine rings is 1. The molecule has 1 N–H and O–H groups in total. The number of carbonyl (C=O) groups excluding carboxylic acids is 3. The van der Waals surface area contributed by atoms with E-state index in [-0.39, 0.29) is 18.1 Å². The minimum Gasteiger partial charge on any atom is -0.375 e. The SMILES string of the molecule is C=CC(=O)N1CC2(CCN(C(=O)OC(=O)[C@@H](NC)C(C)C)CC2)O[C@@H]1C. The number of esters is 1. The number of likely N-dealkylation sites (tertiary alicyclic amines) is 1. The van der Waals surface area contributed by atoms with E-state index in [1.807, 2.05) is 20.8 Å². The van der Waals surface area contributed by atoms with Gasteiger partial charge in [0, 0.05) is 13.1 Å². The van der Waals surface area contributed by atoms with Crippen LogP contribution in [0.3, 0.4) is 0 Å². The van der Waals surface area contributed by atoms with Gasteiger partial charge in [0.25, 0.3) is 0 Å². The van der Waals surface area contributed by atoms with Gasteiger partial charge in [-0.05, 0) is 38.8 Å². The first-order chi connectivity index (χ1) is 12.2. The number of carbonyl (C=O) groups is 3. The summed E-state index contributed by atoms with van der Waals surface area (Å²) in [4.78, 5) is 39.4. The molecule has 2 aliphatic heterocycles. The molecule has 0 aromatic rings. The lowest BCUT2D eigenvalue weighted by Gasteiger charge is -2.37. The zero-order valence-corrected chi connectivity index (χ0v) is 16.0. The van der Waals surface area contributed by atoms with E-state index in [0.29, 0.717) is 32.5 Å². The fraction of sp³-hybridized carbons (Fsp3) is 0.722. The fourth-order valence-electron chi connectivity index (χ4n) is 3.59. The van der Waals surface area contributed by atoms with Crippen molar-refractivity contribution in [1.82, 2.24) is 15.1 Å². The third kappa shape index (κ3) is 4.24. The molecule has 146 valence electrons. The number of hydrogen-bond acceptors (Lipinski definition) is 6. The molecule has 0 bridgehead atoms. The van der Waals surface area contributed by atoms with Gasteiger partial charge in [-0.15, -0.1) is 0 Å². The van der Waals surface area contributed by atoms with Crippen LogP contribution in [0.2, 0.25) is 0 Å². The molecule has 2 aliphatic rings. The van der Waals surface area contributed by atoms with Crippen molar-refractivity contribution in [1.29, 1.82) is 0 Å². The highest BCUT2D eigenvalue weighted by atomic mass is 16.6. The smallest absolute Gasteiger partial charge is 0.375 e. The number of ether oxygens (including phenoxy) is 2. The van der Waals surface area contributed by atoms with E-state index in [1.54, 1.807) is 11.9 Å². The molecule has 2 amide bonds. The second kappa shape index (κ2) is 8.18. The van der Waals surface area contributed by atoms with Crippen molar-refractivity contribution in [2.75, 3.05) is 26.7 Å². The van der Waals surface area contributed by atoms with E-state index in [1.165, 1.54) is 11.0 Å². The van der Waals surface area contributed by atoms with Gasteiger partial charge in [0.15, 0.2) is 0 Å². The summed E-state index contributed by atoms with van der Waals surface area (Å²) in [7, 11) is 1.66. The molecule has 2 atom stereocenters. The Bertz CT molecular complexity index is 569. The van der Waals surface area contributed by atoms with E-state index >= 15 is 0 Å². The predicted octanol–water partition coefficient (Wildman–Crippen LogP) is 1.12. The zero-order chi connectivity index (χ0) is 19.5. The number of nitrogens with zero attached hydrogens (tertiary/aromatic N) is 2. The maximum atomic E-state index is 12.3. The topological polar surface area (TPSA) is 88.2 Å².